The number of nitrogens with one attached hydrogen (secondary N) is 1. The molecule has 3 aromatic rings. The summed E-state index contributed by atoms with van der Waals surface area (Å²) < 4.78 is 19.1. The van der Waals surface area contributed by atoms with E-state index in [1.807, 2.05) is 6.07 Å². The van der Waals surface area contributed by atoms with Crippen molar-refractivity contribution in [3.05, 3.63) is 61.1 Å². The Morgan fingerprint density at radius 1 is 1.20 bits per heavy atom. The summed E-state index contributed by atoms with van der Waals surface area (Å²) in [6, 6.07) is 9.17. The summed E-state index contributed by atoms with van der Waals surface area (Å²) in [4.78, 5) is 54.3. The van der Waals surface area contributed by atoms with Crippen LogP contribution in [0.4, 0.5) is 0 Å². The molecule has 1 atom stereocenters. The minimum absolute atomic E-state index is 0.0820. The summed E-state index contributed by atoms with van der Waals surface area (Å²) >= 11 is 0.976. The predicted octanol–water partition coefficient (Wildman–Crippen LogP) is 3.26. The summed E-state index contributed by atoms with van der Waals surface area (Å²) in [6.07, 6.45) is -0.650. The number of rotatable bonds is 12. The van der Waals surface area contributed by atoms with Crippen molar-refractivity contribution in [3.8, 4) is 11.8 Å². The molecule has 11 nitrogen and oxygen atoms in total. The Labute approximate surface area is 235 Å². The molecule has 2 heterocycles. The number of benzene rings is 1. The molecule has 0 saturated heterocycles. The first-order chi connectivity index (χ1) is 19.0. The van der Waals surface area contributed by atoms with Gasteiger partial charge in [0.05, 0.1) is 44.7 Å². The van der Waals surface area contributed by atoms with Crippen molar-refractivity contribution in [1.82, 2.24) is 14.5 Å². The first-order valence-corrected chi connectivity index (χ1v) is 13.7. The van der Waals surface area contributed by atoms with Crippen LogP contribution in [0, 0.1) is 18.3 Å². The Bertz CT molecular complexity index is 1560. The number of thiophene rings is 1. The number of carbonyl (C=O) groups excluding carboxylic acids is 2. The molecule has 0 saturated carbocycles. The summed E-state index contributed by atoms with van der Waals surface area (Å²) in [7, 11) is 1.51. The second-order valence-electron chi connectivity index (χ2n) is 9.42. The number of fused-ring (bicyclic) bond motifs is 1. The number of esters is 1. The van der Waals surface area contributed by atoms with Crippen LogP contribution in [0.1, 0.15) is 61.0 Å². The van der Waals surface area contributed by atoms with Gasteiger partial charge in [-0.1, -0.05) is 18.2 Å². The zero-order valence-electron chi connectivity index (χ0n) is 23.5. The molecule has 0 spiro atoms. The van der Waals surface area contributed by atoms with Gasteiger partial charge < -0.3 is 19.5 Å². The third kappa shape index (κ3) is 5.80. The average molecular weight is 571 g/mol. The molecule has 0 radical (unpaired) electrons. The number of amides is 1. The van der Waals surface area contributed by atoms with Gasteiger partial charge in [-0.2, -0.15) is 5.26 Å². The minimum atomic E-state index is -1.56. The third-order valence-corrected chi connectivity index (χ3v) is 7.79. The van der Waals surface area contributed by atoms with Crippen LogP contribution in [-0.2, 0) is 26.4 Å². The first-order valence-electron chi connectivity index (χ1n) is 12.9. The van der Waals surface area contributed by atoms with E-state index in [9.17, 15) is 19.2 Å². The Balaban J connectivity index is 2.37. The Morgan fingerprint density at radius 2 is 1.90 bits per heavy atom. The normalized spacial score (nSPS) is 12.1. The van der Waals surface area contributed by atoms with Crippen LogP contribution in [0.2, 0.25) is 0 Å². The number of hydrogen-bond acceptors (Lipinski definition) is 9. The number of nitriles is 1. The van der Waals surface area contributed by atoms with E-state index in [1.54, 1.807) is 45.0 Å². The molecule has 1 N–H and O–H groups in total. The van der Waals surface area contributed by atoms with E-state index in [1.165, 1.54) is 25.5 Å². The van der Waals surface area contributed by atoms with Gasteiger partial charge in [0.15, 0.2) is 0 Å². The lowest BCUT2D eigenvalue weighted by molar-refractivity contribution is -0.128. The highest BCUT2D eigenvalue weighted by molar-refractivity contribution is 7.20. The first kappa shape index (κ1) is 30.6. The lowest BCUT2D eigenvalue weighted by Gasteiger charge is -2.27. The van der Waals surface area contributed by atoms with E-state index in [4.69, 9.17) is 19.5 Å². The smallest absolute Gasteiger partial charge is 0.348 e. The number of likely N-dealkylation sites (N-methyl/N-ethyl adjacent to an activating group) is 1. The van der Waals surface area contributed by atoms with E-state index in [0.717, 1.165) is 15.9 Å². The van der Waals surface area contributed by atoms with Crippen molar-refractivity contribution in [2.45, 2.75) is 59.2 Å². The van der Waals surface area contributed by atoms with Crippen LogP contribution in [0.15, 0.2) is 33.9 Å². The predicted molar refractivity (Wildman–Crippen MR) is 151 cm³/mol. The SMILES string of the molecule is CCNC(=O)C(C)(C)n1c(=O)c2c(C)c(C(=O)OCC)sc2n(CC(OCCC#N)c2ccccc2OC)c1=O. The van der Waals surface area contributed by atoms with Gasteiger partial charge in [-0.25, -0.2) is 14.2 Å². The van der Waals surface area contributed by atoms with Crippen molar-refractivity contribution >= 4 is 33.4 Å². The maximum atomic E-state index is 14.1. The topological polar surface area (TPSA) is 142 Å². The molecule has 40 heavy (non-hydrogen) atoms. The minimum Gasteiger partial charge on any atom is -0.496 e. The van der Waals surface area contributed by atoms with Gasteiger partial charge in [0.1, 0.15) is 27.1 Å². The van der Waals surface area contributed by atoms with Crippen LogP contribution in [0.25, 0.3) is 10.2 Å². The molecule has 0 bridgehead atoms. The second kappa shape index (κ2) is 12.9. The van der Waals surface area contributed by atoms with Gasteiger partial charge in [-0.3, -0.25) is 14.2 Å². The van der Waals surface area contributed by atoms with E-state index < -0.39 is 34.8 Å². The van der Waals surface area contributed by atoms with Gasteiger partial charge in [0.2, 0.25) is 5.91 Å². The van der Waals surface area contributed by atoms with Crippen LogP contribution < -0.4 is 21.3 Å². The fourth-order valence-electron chi connectivity index (χ4n) is 4.46. The van der Waals surface area contributed by atoms with Crippen molar-refractivity contribution < 1.29 is 23.8 Å². The van der Waals surface area contributed by atoms with Crippen LogP contribution in [-0.4, -0.2) is 47.9 Å². The Kier molecular flexibility index (Phi) is 9.89. The molecule has 0 aliphatic rings. The fourth-order valence-corrected chi connectivity index (χ4v) is 5.65. The van der Waals surface area contributed by atoms with E-state index >= 15 is 0 Å². The van der Waals surface area contributed by atoms with Gasteiger partial charge in [-0.05, 0) is 46.2 Å². The van der Waals surface area contributed by atoms with Crippen molar-refractivity contribution in [2.75, 3.05) is 26.9 Å². The van der Waals surface area contributed by atoms with Crippen molar-refractivity contribution in [2.24, 2.45) is 0 Å². The number of carbonyl (C=O) groups is 2. The highest BCUT2D eigenvalue weighted by Gasteiger charge is 2.36. The molecule has 1 aromatic carbocycles. The van der Waals surface area contributed by atoms with Gasteiger partial charge in [-0.15, -0.1) is 11.3 Å². The standard InChI is InChI=1S/C28H34N4O7S/c1-7-30-26(35)28(4,5)32-23(33)21-17(3)22(25(34)38-8-2)40-24(21)31(27(32)36)16-20(39-15-11-14-29)18-12-9-10-13-19(18)37-6/h9-10,12-13,20H,7-8,11,15-16H2,1-6H3,(H,30,35). The molecule has 1 unspecified atom stereocenters. The summed E-state index contributed by atoms with van der Waals surface area (Å²) in [5.74, 6) is -0.606. The summed E-state index contributed by atoms with van der Waals surface area (Å²) in [5, 5.41) is 11.9. The fraction of sp³-hybridized carbons (Fsp3) is 0.464. The van der Waals surface area contributed by atoms with Gasteiger partial charge in [0.25, 0.3) is 5.56 Å². The average Bonchev–Trinajstić information content (AvgIpc) is 3.27. The molecular weight excluding hydrogens is 536 g/mol. The molecule has 0 aliphatic carbocycles. The quantitative estimate of drug-likeness (QED) is 0.258. The number of para-hydroxylation sites is 1. The number of nitrogens with zero attached hydrogens (tertiary/aromatic N) is 3. The summed E-state index contributed by atoms with van der Waals surface area (Å²) in [5.41, 5.74) is -2.00. The Morgan fingerprint density at radius 3 is 2.52 bits per heavy atom. The summed E-state index contributed by atoms with van der Waals surface area (Å²) in [6.45, 7) is 8.45. The molecule has 0 fully saturated rings. The molecule has 214 valence electrons. The molecule has 2 aromatic heterocycles. The lowest BCUT2D eigenvalue weighted by Crippen LogP contribution is -2.55. The number of hydrogen-bond donors (Lipinski definition) is 1. The Hall–Kier alpha value is -3.95. The zero-order chi connectivity index (χ0) is 29.6. The number of aryl methyl sites for hydroxylation is 1. The second-order valence-corrected chi connectivity index (χ2v) is 10.4. The lowest BCUT2D eigenvalue weighted by atomic mass is 10.0. The van der Waals surface area contributed by atoms with Gasteiger partial charge in [0, 0.05) is 12.1 Å². The number of aromatic nitrogens is 2. The maximum Gasteiger partial charge on any atom is 0.348 e. The third-order valence-electron chi connectivity index (χ3n) is 6.49. The van der Waals surface area contributed by atoms with E-state index in [2.05, 4.69) is 5.32 Å². The van der Waals surface area contributed by atoms with Gasteiger partial charge >= 0.3 is 11.7 Å². The number of ether oxygens (including phenoxy) is 3. The maximum absolute atomic E-state index is 14.1. The van der Waals surface area contributed by atoms with Crippen LogP contribution >= 0.6 is 11.3 Å². The van der Waals surface area contributed by atoms with E-state index in [-0.39, 0.29) is 41.3 Å². The molecule has 0 aliphatic heterocycles. The molecule has 1 amide bonds. The zero-order valence-corrected chi connectivity index (χ0v) is 24.3. The highest BCUT2D eigenvalue weighted by atomic mass is 32.1. The van der Waals surface area contributed by atoms with Crippen molar-refractivity contribution in [3.63, 3.8) is 0 Å². The largest absolute Gasteiger partial charge is 0.496 e. The van der Waals surface area contributed by atoms with Crippen LogP contribution in [0.3, 0.4) is 0 Å². The monoisotopic (exact) mass is 570 g/mol. The van der Waals surface area contributed by atoms with Crippen molar-refractivity contribution in [1.29, 1.82) is 5.26 Å². The molecular formula is C28H34N4O7S. The molecule has 12 heteroatoms. The molecule has 3 rings (SSSR count). The van der Waals surface area contributed by atoms with Crippen LogP contribution in [0.5, 0.6) is 5.75 Å². The van der Waals surface area contributed by atoms with E-state index in [0.29, 0.717) is 23.4 Å². The number of methoxy groups -OCH3 is 1. The highest BCUT2D eigenvalue weighted by Crippen LogP contribution is 2.33.